The molecule has 2 aromatic heterocycles. The molecule has 146 valence electrons. The number of carbonyl (C=O) groups excluding carboxylic acids is 1. The third-order valence-electron chi connectivity index (χ3n) is 4.74. The molecule has 0 aliphatic rings. The summed E-state index contributed by atoms with van der Waals surface area (Å²) in [5.41, 5.74) is 3.89. The number of pyridine rings is 1. The number of methoxy groups -OCH3 is 2. The SMILES string of the molecule is COc1cc(OC)cc(C(=O)Nc2c(-c3ccccc3)nc3c(C)cccn23)c1. The summed E-state index contributed by atoms with van der Waals surface area (Å²) in [6.45, 7) is 2.00. The molecule has 0 saturated heterocycles. The Morgan fingerprint density at radius 1 is 0.966 bits per heavy atom. The molecule has 6 heteroatoms. The topological polar surface area (TPSA) is 64.9 Å². The number of ether oxygens (including phenoxy) is 2. The second kappa shape index (κ2) is 7.67. The van der Waals surface area contributed by atoms with Gasteiger partial charge in [-0.2, -0.15) is 0 Å². The molecule has 2 aromatic carbocycles. The van der Waals surface area contributed by atoms with E-state index in [1.54, 1.807) is 32.4 Å². The Morgan fingerprint density at radius 3 is 2.31 bits per heavy atom. The molecule has 29 heavy (non-hydrogen) atoms. The first-order valence-electron chi connectivity index (χ1n) is 9.18. The van der Waals surface area contributed by atoms with Gasteiger partial charge < -0.3 is 14.8 Å². The van der Waals surface area contributed by atoms with Crippen LogP contribution in [0.25, 0.3) is 16.9 Å². The summed E-state index contributed by atoms with van der Waals surface area (Å²) >= 11 is 0. The molecule has 0 atom stereocenters. The smallest absolute Gasteiger partial charge is 0.257 e. The molecule has 0 unspecified atom stereocenters. The first-order chi connectivity index (χ1) is 14.1. The molecule has 1 amide bonds. The minimum Gasteiger partial charge on any atom is -0.497 e. The second-order valence-electron chi connectivity index (χ2n) is 6.62. The summed E-state index contributed by atoms with van der Waals surface area (Å²) < 4.78 is 12.5. The monoisotopic (exact) mass is 387 g/mol. The van der Waals surface area contributed by atoms with Crippen molar-refractivity contribution in [1.82, 2.24) is 9.38 Å². The average Bonchev–Trinajstić information content (AvgIpc) is 3.13. The van der Waals surface area contributed by atoms with Gasteiger partial charge in [0.15, 0.2) is 0 Å². The van der Waals surface area contributed by atoms with Gasteiger partial charge in [-0.15, -0.1) is 0 Å². The normalized spacial score (nSPS) is 10.7. The van der Waals surface area contributed by atoms with Crippen LogP contribution in [0.4, 0.5) is 5.82 Å². The lowest BCUT2D eigenvalue weighted by Gasteiger charge is -2.11. The molecule has 4 aromatic rings. The van der Waals surface area contributed by atoms with Crippen LogP contribution in [-0.2, 0) is 0 Å². The van der Waals surface area contributed by atoms with Crippen molar-refractivity contribution in [3.63, 3.8) is 0 Å². The summed E-state index contributed by atoms with van der Waals surface area (Å²) in [6.07, 6.45) is 1.89. The number of aryl methyl sites for hydroxylation is 1. The van der Waals surface area contributed by atoms with Gasteiger partial charge in [0.2, 0.25) is 0 Å². The number of benzene rings is 2. The van der Waals surface area contributed by atoms with Gasteiger partial charge in [-0.05, 0) is 30.7 Å². The predicted octanol–water partition coefficient (Wildman–Crippen LogP) is 4.58. The summed E-state index contributed by atoms with van der Waals surface area (Å²) in [5, 5.41) is 3.03. The lowest BCUT2D eigenvalue weighted by atomic mass is 10.1. The van der Waals surface area contributed by atoms with Gasteiger partial charge in [-0.25, -0.2) is 4.98 Å². The Kier molecular flexibility index (Phi) is 4.91. The van der Waals surface area contributed by atoms with Crippen molar-refractivity contribution in [3.05, 3.63) is 78.0 Å². The molecule has 6 nitrogen and oxygen atoms in total. The fourth-order valence-corrected chi connectivity index (χ4v) is 3.24. The van der Waals surface area contributed by atoms with Crippen LogP contribution in [0, 0.1) is 6.92 Å². The van der Waals surface area contributed by atoms with E-state index in [4.69, 9.17) is 14.5 Å². The zero-order chi connectivity index (χ0) is 20.4. The van der Waals surface area contributed by atoms with Crippen LogP contribution < -0.4 is 14.8 Å². The van der Waals surface area contributed by atoms with E-state index in [1.807, 2.05) is 60.0 Å². The van der Waals surface area contributed by atoms with E-state index >= 15 is 0 Å². The highest BCUT2D eigenvalue weighted by Gasteiger charge is 2.19. The molecule has 1 N–H and O–H groups in total. The van der Waals surface area contributed by atoms with Crippen LogP contribution in [-0.4, -0.2) is 29.5 Å². The van der Waals surface area contributed by atoms with Crippen molar-refractivity contribution in [2.24, 2.45) is 0 Å². The van der Waals surface area contributed by atoms with E-state index in [1.165, 1.54) is 0 Å². The maximum Gasteiger partial charge on any atom is 0.257 e. The summed E-state index contributed by atoms with van der Waals surface area (Å²) in [7, 11) is 3.11. The fourth-order valence-electron chi connectivity index (χ4n) is 3.24. The van der Waals surface area contributed by atoms with Crippen molar-refractivity contribution < 1.29 is 14.3 Å². The highest BCUT2D eigenvalue weighted by atomic mass is 16.5. The lowest BCUT2D eigenvalue weighted by molar-refractivity contribution is 0.102. The number of carbonyl (C=O) groups is 1. The van der Waals surface area contributed by atoms with Gasteiger partial charge in [0.05, 0.1) is 14.2 Å². The van der Waals surface area contributed by atoms with Crippen LogP contribution in [0.5, 0.6) is 11.5 Å². The molecule has 0 fully saturated rings. The van der Waals surface area contributed by atoms with E-state index in [2.05, 4.69) is 5.32 Å². The lowest BCUT2D eigenvalue weighted by Crippen LogP contribution is -2.14. The van der Waals surface area contributed by atoms with Gasteiger partial charge in [0, 0.05) is 23.4 Å². The number of anilines is 1. The molecular formula is C23H21N3O3. The Hall–Kier alpha value is -3.80. The Bertz CT molecular complexity index is 1160. The van der Waals surface area contributed by atoms with Gasteiger partial charge in [0.1, 0.15) is 28.7 Å². The van der Waals surface area contributed by atoms with E-state index < -0.39 is 0 Å². The maximum absolute atomic E-state index is 13.1. The van der Waals surface area contributed by atoms with Gasteiger partial charge >= 0.3 is 0 Å². The number of nitrogens with one attached hydrogen (secondary N) is 1. The summed E-state index contributed by atoms with van der Waals surface area (Å²) in [4.78, 5) is 17.9. The largest absolute Gasteiger partial charge is 0.497 e. The zero-order valence-electron chi connectivity index (χ0n) is 16.5. The van der Waals surface area contributed by atoms with Gasteiger partial charge in [-0.3, -0.25) is 9.20 Å². The number of amides is 1. The quantitative estimate of drug-likeness (QED) is 0.544. The highest BCUT2D eigenvalue weighted by molar-refractivity contribution is 6.06. The molecule has 2 heterocycles. The summed E-state index contributed by atoms with van der Waals surface area (Å²) in [6, 6.07) is 18.8. The molecule has 4 rings (SSSR count). The second-order valence-corrected chi connectivity index (χ2v) is 6.62. The number of hydrogen-bond donors (Lipinski definition) is 1. The average molecular weight is 387 g/mol. The summed E-state index contributed by atoms with van der Waals surface area (Å²) in [5.74, 6) is 1.43. The minimum absolute atomic E-state index is 0.275. The molecule has 0 aliphatic carbocycles. The zero-order valence-corrected chi connectivity index (χ0v) is 16.5. The first kappa shape index (κ1) is 18.6. The van der Waals surface area contributed by atoms with Gasteiger partial charge in [-0.1, -0.05) is 36.4 Å². The third-order valence-corrected chi connectivity index (χ3v) is 4.74. The molecule has 0 radical (unpaired) electrons. The number of hydrogen-bond acceptors (Lipinski definition) is 4. The number of fused-ring (bicyclic) bond motifs is 1. The van der Waals surface area contributed by atoms with E-state index in [0.717, 1.165) is 16.8 Å². The first-order valence-corrected chi connectivity index (χ1v) is 9.18. The van der Waals surface area contributed by atoms with Crippen molar-refractivity contribution in [2.45, 2.75) is 6.92 Å². The predicted molar refractivity (Wildman–Crippen MR) is 113 cm³/mol. The Balaban J connectivity index is 1.82. The Morgan fingerprint density at radius 2 is 1.66 bits per heavy atom. The number of aromatic nitrogens is 2. The third kappa shape index (κ3) is 3.52. The highest BCUT2D eigenvalue weighted by Crippen LogP contribution is 2.31. The molecule has 0 spiro atoms. The van der Waals surface area contributed by atoms with Crippen molar-refractivity contribution in [3.8, 4) is 22.8 Å². The van der Waals surface area contributed by atoms with Crippen LogP contribution in [0.15, 0.2) is 66.9 Å². The Labute approximate surface area is 168 Å². The number of nitrogens with zero attached hydrogens (tertiary/aromatic N) is 2. The van der Waals surface area contributed by atoms with Crippen molar-refractivity contribution >= 4 is 17.4 Å². The van der Waals surface area contributed by atoms with Crippen LogP contribution in [0.3, 0.4) is 0 Å². The van der Waals surface area contributed by atoms with E-state index in [0.29, 0.717) is 28.6 Å². The minimum atomic E-state index is -0.275. The van der Waals surface area contributed by atoms with E-state index in [9.17, 15) is 4.79 Å². The number of rotatable bonds is 5. The molecule has 0 saturated carbocycles. The van der Waals surface area contributed by atoms with Gasteiger partial charge in [0.25, 0.3) is 5.91 Å². The standard InChI is InChI=1S/C23H21N3O3/c1-15-8-7-11-26-21(15)24-20(16-9-5-4-6-10-16)22(26)25-23(27)17-12-18(28-2)14-19(13-17)29-3/h4-14H,1-3H3,(H,25,27). The van der Waals surface area contributed by atoms with E-state index in [-0.39, 0.29) is 5.91 Å². The van der Waals surface area contributed by atoms with Crippen LogP contribution >= 0.6 is 0 Å². The fraction of sp³-hybridized carbons (Fsp3) is 0.130. The van der Waals surface area contributed by atoms with Crippen LogP contribution in [0.2, 0.25) is 0 Å². The molecular weight excluding hydrogens is 366 g/mol. The van der Waals surface area contributed by atoms with Crippen LogP contribution in [0.1, 0.15) is 15.9 Å². The van der Waals surface area contributed by atoms with Crippen molar-refractivity contribution in [2.75, 3.05) is 19.5 Å². The van der Waals surface area contributed by atoms with Crippen molar-refractivity contribution in [1.29, 1.82) is 0 Å². The molecule has 0 bridgehead atoms. The number of imidazole rings is 1. The molecule has 0 aliphatic heterocycles. The maximum atomic E-state index is 13.1.